The first-order valence-electron chi connectivity index (χ1n) is 5.23. The highest BCUT2D eigenvalue weighted by Crippen LogP contribution is 2.41. The molecule has 0 amide bonds. The van der Waals surface area contributed by atoms with Gasteiger partial charge in [-0.15, -0.1) is 0 Å². The van der Waals surface area contributed by atoms with Crippen molar-refractivity contribution in [2.24, 2.45) is 0 Å². The van der Waals surface area contributed by atoms with E-state index in [1.165, 1.54) is 12.1 Å². The molecule has 0 heterocycles. The van der Waals surface area contributed by atoms with Crippen molar-refractivity contribution < 1.29 is 22.7 Å². The minimum absolute atomic E-state index is 0.179. The monoisotopic (exact) mass is 289 g/mol. The van der Waals surface area contributed by atoms with Crippen LogP contribution in [-0.4, -0.2) is 18.6 Å². The van der Waals surface area contributed by atoms with Crippen molar-refractivity contribution in [1.29, 1.82) is 5.26 Å². The molecule has 7 heteroatoms. The minimum atomic E-state index is -4.58. The van der Waals surface area contributed by atoms with Crippen LogP contribution in [-0.2, 0) is 11.2 Å². The predicted octanol–water partition coefficient (Wildman–Crippen LogP) is 3.52. The average molecular weight is 289 g/mol. The molecule has 3 nitrogen and oxygen atoms in total. The summed E-state index contributed by atoms with van der Waals surface area (Å²) in [6.45, 7) is 1.77. The number of ether oxygens (including phenoxy) is 1. The maximum Gasteiger partial charge on any atom is 0.446 e. The molecular formula is C12H10F3NO2S. The first kappa shape index (κ1) is 15.4. The van der Waals surface area contributed by atoms with Gasteiger partial charge in [0.2, 0.25) is 0 Å². The van der Waals surface area contributed by atoms with Gasteiger partial charge in [0.1, 0.15) is 6.07 Å². The summed E-state index contributed by atoms with van der Waals surface area (Å²) in [6, 6.07) is 4.35. The van der Waals surface area contributed by atoms with Crippen molar-refractivity contribution in [3.8, 4) is 6.07 Å². The lowest BCUT2D eigenvalue weighted by molar-refractivity contribution is -0.0328. The number of thioether (sulfide) groups is 1. The number of hydrogen-bond donors (Lipinski definition) is 0. The molecular weight excluding hydrogens is 279 g/mol. The summed E-state index contributed by atoms with van der Waals surface area (Å²) >= 11 is -0.482. The third-order valence-electron chi connectivity index (χ3n) is 2.30. The first-order valence-corrected chi connectivity index (χ1v) is 6.05. The summed E-state index contributed by atoms with van der Waals surface area (Å²) in [5.41, 5.74) is -4.39. The van der Waals surface area contributed by atoms with Gasteiger partial charge in [0.25, 0.3) is 0 Å². The average Bonchev–Trinajstić information content (AvgIpc) is 2.36. The van der Waals surface area contributed by atoms with E-state index in [1.807, 2.05) is 0 Å². The van der Waals surface area contributed by atoms with E-state index in [9.17, 15) is 18.0 Å². The highest BCUT2D eigenvalue weighted by Gasteiger charge is 2.33. The minimum Gasteiger partial charge on any atom is -0.465 e. The van der Waals surface area contributed by atoms with E-state index < -0.39 is 28.1 Å². The lowest BCUT2D eigenvalue weighted by Crippen LogP contribution is -2.09. The number of rotatable bonds is 3. The molecule has 0 N–H and O–H groups in total. The summed E-state index contributed by atoms with van der Waals surface area (Å²) in [7, 11) is 1.08. The summed E-state index contributed by atoms with van der Waals surface area (Å²) in [5, 5.41) is 8.93. The van der Waals surface area contributed by atoms with Gasteiger partial charge in [-0.25, -0.2) is 4.79 Å². The number of esters is 1. The van der Waals surface area contributed by atoms with Gasteiger partial charge in [0, 0.05) is 4.90 Å². The molecule has 19 heavy (non-hydrogen) atoms. The predicted molar refractivity (Wildman–Crippen MR) is 63.8 cm³/mol. The quantitative estimate of drug-likeness (QED) is 0.631. The highest BCUT2D eigenvalue weighted by molar-refractivity contribution is 8.00. The Hall–Kier alpha value is -1.68. The van der Waals surface area contributed by atoms with Gasteiger partial charge in [0.15, 0.2) is 0 Å². The number of nitrogens with zero attached hydrogens (tertiary/aromatic N) is 1. The molecule has 0 spiro atoms. The van der Waals surface area contributed by atoms with Crippen molar-refractivity contribution in [3.63, 3.8) is 0 Å². The van der Waals surface area contributed by atoms with E-state index in [0.29, 0.717) is 12.0 Å². The molecule has 0 fully saturated rings. The topological polar surface area (TPSA) is 50.1 Å². The smallest absolute Gasteiger partial charge is 0.446 e. The Morgan fingerprint density at radius 3 is 2.53 bits per heavy atom. The molecule has 0 aliphatic carbocycles. The fraction of sp³-hybridized carbons (Fsp3) is 0.333. The largest absolute Gasteiger partial charge is 0.465 e. The Balaban J connectivity index is 3.47. The van der Waals surface area contributed by atoms with Crippen LogP contribution in [0.3, 0.4) is 0 Å². The second-order valence-corrected chi connectivity index (χ2v) is 4.60. The molecule has 0 aliphatic rings. The van der Waals surface area contributed by atoms with Crippen LogP contribution < -0.4 is 0 Å². The number of carbonyl (C=O) groups is 1. The zero-order valence-electron chi connectivity index (χ0n) is 10.2. The van der Waals surface area contributed by atoms with Crippen LogP contribution >= 0.6 is 11.8 Å². The lowest BCUT2D eigenvalue weighted by Gasteiger charge is -2.13. The van der Waals surface area contributed by atoms with Gasteiger partial charge in [-0.2, -0.15) is 18.4 Å². The highest BCUT2D eigenvalue weighted by atomic mass is 32.2. The zero-order chi connectivity index (χ0) is 14.6. The normalized spacial score (nSPS) is 10.9. The van der Waals surface area contributed by atoms with E-state index in [4.69, 9.17) is 5.26 Å². The molecule has 0 bridgehead atoms. The number of aryl methyl sites for hydroxylation is 1. The van der Waals surface area contributed by atoms with Gasteiger partial charge in [0.05, 0.1) is 18.2 Å². The van der Waals surface area contributed by atoms with Gasteiger partial charge < -0.3 is 4.74 Å². The molecule has 0 radical (unpaired) electrons. The van der Waals surface area contributed by atoms with E-state index in [-0.39, 0.29) is 11.1 Å². The molecule has 1 aromatic carbocycles. The second-order valence-electron chi connectivity index (χ2n) is 3.52. The maximum absolute atomic E-state index is 12.5. The maximum atomic E-state index is 12.5. The Labute approximate surface area is 112 Å². The third-order valence-corrected chi connectivity index (χ3v) is 3.18. The van der Waals surface area contributed by atoms with Crippen LogP contribution in [0.2, 0.25) is 0 Å². The molecule has 102 valence electrons. The van der Waals surface area contributed by atoms with E-state index >= 15 is 0 Å². The number of alkyl halides is 3. The summed E-state index contributed by atoms with van der Waals surface area (Å²) in [6.07, 6.45) is 0.496. The van der Waals surface area contributed by atoms with Crippen molar-refractivity contribution in [3.05, 3.63) is 28.8 Å². The van der Waals surface area contributed by atoms with E-state index in [0.717, 1.165) is 7.11 Å². The standard InChI is InChI=1S/C12H10F3NO2S/c1-3-7-4-8(6-16)10(19-12(13,14)15)9(5-7)11(17)18-2/h4-5H,3H2,1-2H3. The fourth-order valence-corrected chi connectivity index (χ4v) is 2.16. The molecule has 0 unspecified atom stereocenters. The van der Waals surface area contributed by atoms with E-state index in [1.54, 1.807) is 13.0 Å². The van der Waals surface area contributed by atoms with Crippen molar-refractivity contribution in [1.82, 2.24) is 0 Å². The van der Waals surface area contributed by atoms with Gasteiger partial charge >= 0.3 is 11.5 Å². The number of nitriles is 1. The molecule has 0 aromatic heterocycles. The number of benzene rings is 1. The molecule has 0 aliphatic heterocycles. The van der Waals surface area contributed by atoms with Crippen molar-refractivity contribution in [2.45, 2.75) is 23.7 Å². The Morgan fingerprint density at radius 2 is 2.11 bits per heavy atom. The molecule has 1 rings (SSSR count). The first-order chi connectivity index (χ1) is 8.82. The van der Waals surface area contributed by atoms with Crippen molar-refractivity contribution in [2.75, 3.05) is 7.11 Å². The second kappa shape index (κ2) is 5.97. The van der Waals surface area contributed by atoms with Crippen LogP contribution in [0.25, 0.3) is 0 Å². The van der Waals surface area contributed by atoms with Gasteiger partial charge in [-0.05, 0) is 35.9 Å². The summed E-state index contributed by atoms with van der Waals surface area (Å²) in [5.74, 6) is -0.890. The van der Waals surface area contributed by atoms with Crippen LogP contribution in [0, 0.1) is 11.3 Å². The Kier molecular flexibility index (Phi) is 4.84. The Morgan fingerprint density at radius 1 is 1.47 bits per heavy atom. The SMILES string of the molecule is CCc1cc(C#N)c(SC(F)(F)F)c(C(=O)OC)c1. The number of carbonyl (C=O) groups excluding carboxylic acids is 1. The molecule has 0 saturated heterocycles. The summed E-state index contributed by atoms with van der Waals surface area (Å²) < 4.78 is 41.9. The van der Waals surface area contributed by atoms with Gasteiger partial charge in [-0.3, -0.25) is 0 Å². The third kappa shape index (κ3) is 3.89. The number of methoxy groups -OCH3 is 1. The fourth-order valence-electron chi connectivity index (χ4n) is 1.46. The lowest BCUT2D eigenvalue weighted by atomic mass is 10.0. The zero-order valence-corrected chi connectivity index (χ0v) is 11.0. The van der Waals surface area contributed by atoms with Crippen LogP contribution in [0.5, 0.6) is 0 Å². The van der Waals surface area contributed by atoms with Crippen molar-refractivity contribution >= 4 is 17.7 Å². The van der Waals surface area contributed by atoms with E-state index in [2.05, 4.69) is 4.74 Å². The Bertz CT molecular complexity index is 535. The molecule has 0 atom stereocenters. The van der Waals surface area contributed by atoms with Crippen LogP contribution in [0.15, 0.2) is 17.0 Å². The van der Waals surface area contributed by atoms with Crippen LogP contribution in [0.4, 0.5) is 13.2 Å². The number of hydrogen-bond acceptors (Lipinski definition) is 4. The summed E-state index contributed by atoms with van der Waals surface area (Å²) in [4.78, 5) is 11.1. The number of halogens is 3. The van der Waals surface area contributed by atoms with Crippen LogP contribution in [0.1, 0.15) is 28.4 Å². The van der Waals surface area contributed by atoms with Gasteiger partial charge in [-0.1, -0.05) is 6.92 Å². The molecule has 0 saturated carbocycles. The molecule has 1 aromatic rings.